The van der Waals surface area contributed by atoms with Crippen molar-refractivity contribution >= 4 is 22.1 Å². The van der Waals surface area contributed by atoms with Gasteiger partial charge in [-0.25, -0.2) is 15.0 Å². The molecule has 5 aromatic rings. The summed E-state index contributed by atoms with van der Waals surface area (Å²) in [7, 11) is 0. The standard InChI is InChI=1S/C47H69N5.2ClH.Fe/c1-3-5-7-9-11-13-15-17-19-21-23-29-38-51-44-36-27-25-32-40(44)49-46(51)42-34-31-35-43(48-42)47-50-41-33-26-28-37-45(41)52(47)39-30-24-22-20-18-16-14-12-10-8-6-4-2;;;/h25-28,31-37H,3-24,29-30,38-39H2,1-2H3;2*1H;/q;;;+2/p-2. The average molecular weight is 831 g/mol. The zero-order valence-corrected chi connectivity index (χ0v) is 36.7. The van der Waals surface area contributed by atoms with E-state index >= 15 is 0 Å². The van der Waals surface area contributed by atoms with Gasteiger partial charge < -0.3 is 33.9 Å². The Hall–Kier alpha value is -2.37. The Morgan fingerprint density at radius 1 is 0.364 bits per heavy atom. The molecule has 0 radical (unpaired) electrons. The molecular formula is C47H69Cl2FeN5. The average Bonchev–Trinajstić information content (AvgIpc) is 3.74. The first-order chi connectivity index (χ1) is 25.8. The number of pyridine rings is 1. The summed E-state index contributed by atoms with van der Waals surface area (Å²) in [4.78, 5) is 15.6. The Bertz CT molecular complexity index is 1600. The van der Waals surface area contributed by atoms with Crippen LogP contribution in [0.2, 0.25) is 0 Å². The maximum absolute atomic E-state index is 5.28. The number of hydrogen-bond acceptors (Lipinski definition) is 3. The third kappa shape index (κ3) is 15.8. The number of halogens is 2. The van der Waals surface area contributed by atoms with Crippen LogP contribution in [-0.2, 0) is 30.2 Å². The molecular weight excluding hydrogens is 761 g/mol. The molecule has 3 aromatic heterocycles. The van der Waals surface area contributed by atoms with Crippen LogP contribution in [0.3, 0.4) is 0 Å². The molecule has 0 N–H and O–H groups in total. The quantitative estimate of drug-likeness (QED) is 0.0376. The number of para-hydroxylation sites is 4. The predicted octanol–water partition coefficient (Wildman–Crippen LogP) is 8.52. The monoisotopic (exact) mass is 829 g/mol. The van der Waals surface area contributed by atoms with E-state index in [1.54, 1.807) is 0 Å². The SMILES string of the molecule is CCCCCCCCCCCCCCn1c(-c2cccc(-c3nc4ccccc4n3CCCCCCCCCCCCCC)n2)nc2ccccc21.[Cl-].[Cl-].[Fe+2]. The van der Waals surface area contributed by atoms with Crippen molar-refractivity contribution in [2.75, 3.05) is 0 Å². The van der Waals surface area contributed by atoms with Gasteiger partial charge in [0.1, 0.15) is 11.4 Å². The summed E-state index contributed by atoms with van der Waals surface area (Å²) in [6.07, 6.45) is 32.6. The zero-order valence-electron chi connectivity index (χ0n) is 34.1. The van der Waals surface area contributed by atoms with E-state index in [0.717, 1.165) is 47.2 Å². The van der Waals surface area contributed by atoms with Gasteiger partial charge in [0.05, 0.1) is 22.1 Å². The van der Waals surface area contributed by atoms with Crippen molar-refractivity contribution in [3.8, 4) is 23.0 Å². The van der Waals surface area contributed by atoms with Crippen molar-refractivity contribution in [1.29, 1.82) is 0 Å². The van der Waals surface area contributed by atoms with Crippen molar-refractivity contribution in [2.45, 2.75) is 181 Å². The van der Waals surface area contributed by atoms with Crippen LogP contribution in [-0.4, -0.2) is 24.1 Å². The second kappa shape index (κ2) is 28.9. The summed E-state index contributed by atoms with van der Waals surface area (Å²) in [5.74, 6) is 1.93. The molecule has 0 fully saturated rings. The van der Waals surface area contributed by atoms with E-state index in [4.69, 9.17) is 15.0 Å². The topological polar surface area (TPSA) is 48.5 Å². The van der Waals surface area contributed by atoms with Crippen LogP contribution in [0.25, 0.3) is 45.1 Å². The fraction of sp³-hybridized carbons (Fsp3) is 0.596. The molecule has 8 heteroatoms. The van der Waals surface area contributed by atoms with Crippen LogP contribution in [0, 0.1) is 0 Å². The molecule has 304 valence electrons. The maximum atomic E-state index is 5.28. The summed E-state index contributed by atoms with van der Waals surface area (Å²) in [6.45, 7) is 6.53. The molecule has 0 spiro atoms. The fourth-order valence-electron chi connectivity index (χ4n) is 7.90. The molecule has 0 amide bonds. The third-order valence-electron chi connectivity index (χ3n) is 11.0. The van der Waals surface area contributed by atoms with E-state index < -0.39 is 0 Å². The largest absolute Gasteiger partial charge is 2.00 e. The molecule has 5 nitrogen and oxygen atoms in total. The second-order valence-electron chi connectivity index (χ2n) is 15.3. The van der Waals surface area contributed by atoms with E-state index in [2.05, 4.69) is 89.7 Å². The Morgan fingerprint density at radius 3 is 1.02 bits per heavy atom. The molecule has 2 aromatic carbocycles. The van der Waals surface area contributed by atoms with Gasteiger partial charge in [0, 0.05) is 13.1 Å². The van der Waals surface area contributed by atoms with E-state index in [1.807, 2.05) is 0 Å². The predicted molar refractivity (Wildman–Crippen MR) is 224 cm³/mol. The number of unbranched alkanes of at least 4 members (excludes halogenated alkanes) is 22. The third-order valence-corrected chi connectivity index (χ3v) is 11.0. The number of aromatic nitrogens is 5. The van der Waals surface area contributed by atoms with Gasteiger partial charge in [0.15, 0.2) is 11.6 Å². The van der Waals surface area contributed by atoms with Gasteiger partial charge in [-0.1, -0.05) is 185 Å². The van der Waals surface area contributed by atoms with Gasteiger partial charge in [0.25, 0.3) is 0 Å². The number of imidazole rings is 2. The smallest absolute Gasteiger partial charge is 1.00 e. The Kier molecular flexibility index (Phi) is 25.7. The normalized spacial score (nSPS) is 11.1. The summed E-state index contributed by atoms with van der Waals surface area (Å²) >= 11 is 0. The Labute approximate surface area is 357 Å². The molecule has 0 unspecified atom stereocenters. The van der Waals surface area contributed by atoms with Gasteiger partial charge in [-0.15, -0.1) is 0 Å². The molecule has 5 rings (SSSR count). The summed E-state index contributed by atoms with van der Waals surface area (Å²) in [6, 6.07) is 23.5. The van der Waals surface area contributed by atoms with Gasteiger partial charge >= 0.3 is 17.1 Å². The molecule has 55 heavy (non-hydrogen) atoms. The van der Waals surface area contributed by atoms with Crippen molar-refractivity contribution in [1.82, 2.24) is 24.1 Å². The molecule has 0 aliphatic heterocycles. The van der Waals surface area contributed by atoms with Crippen LogP contribution >= 0.6 is 0 Å². The van der Waals surface area contributed by atoms with Gasteiger partial charge in [-0.2, -0.15) is 0 Å². The van der Waals surface area contributed by atoms with Crippen molar-refractivity contribution in [3.05, 3.63) is 66.7 Å². The first-order valence-corrected chi connectivity index (χ1v) is 21.7. The molecule has 0 bridgehead atoms. The number of hydrogen-bond donors (Lipinski definition) is 0. The number of benzene rings is 2. The Balaban J connectivity index is 0.00000348. The number of nitrogens with zero attached hydrogens (tertiary/aromatic N) is 5. The van der Waals surface area contributed by atoms with Gasteiger partial charge in [-0.05, 0) is 49.2 Å². The number of rotatable bonds is 28. The maximum Gasteiger partial charge on any atom is 2.00 e. The number of aryl methyl sites for hydroxylation is 2. The van der Waals surface area contributed by atoms with E-state index in [0.29, 0.717) is 0 Å². The summed E-state index contributed by atoms with van der Waals surface area (Å²) in [5.41, 5.74) is 6.35. The molecule has 0 atom stereocenters. The van der Waals surface area contributed by atoms with Gasteiger partial charge in [0.2, 0.25) is 0 Å². The molecule has 3 heterocycles. The second-order valence-corrected chi connectivity index (χ2v) is 15.3. The van der Waals surface area contributed by atoms with Crippen molar-refractivity contribution in [3.63, 3.8) is 0 Å². The summed E-state index contributed by atoms with van der Waals surface area (Å²) in [5, 5.41) is 0. The molecule has 0 aliphatic rings. The van der Waals surface area contributed by atoms with Crippen LogP contribution < -0.4 is 24.8 Å². The van der Waals surface area contributed by atoms with Crippen LogP contribution in [0.15, 0.2) is 66.7 Å². The minimum absolute atomic E-state index is 0. The van der Waals surface area contributed by atoms with Crippen LogP contribution in [0.5, 0.6) is 0 Å². The van der Waals surface area contributed by atoms with E-state index in [1.165, 1.54) is 165 Å². The van der Waals surface area contributed by atoms with Crippen LogP contribution in [0.4, 0.5) is 0 Å². The first kappa shape index (κ1) is 48.8. The molecule has 0 aliphatic carbocycles. The minimum atomic E-state index is 0. The number of fused-ring (bicyclic) bond motifs is 2. The fourth-order valence-corrected chi connectivity index (χ4v) is 7.90. The minimum Gasteiger partial charge on any atom is -1.00 e. The molecule has 0 saturated heterocycles. The van der Waals surface area contributed by atoms with Crippen molar-refractivity contribution < 1.29 is 41.9 Å². The van der Waals surface area contributed by atoms with E-state index in [-0.39, 0.29) is 41.9 Å². The molecule has 0 saturated carbocycles. The van der Waals surface area contributed by atoms with Crippen LogP contribution in [0.1, 0.15) is 168 Å². The van der Waals surface area contributed by atoms with Gasteiger partial charge in [-0.3, -0.25) is 0 Å². The Morgan fingerprint density at radius 2 is 0.673 bits per heavy atom. The summed E-state index contributed by atoms with van der Waals surface area (Å²) < 4.78 is 4.82. The van der Waals surface area contributed by atoms with E-state index in [9.17, 15) is 0 Å². The zero-order chi connectivity index (χ0) is 36.1. The first-order valence-electron chi connectivity index (χ1n) is 21.7. The van der Waals surface area contributed by atoms with Crippen molar-refractivity contribution in [2.24, 2.45) is 0 Å².